The van der Waals surface area contributed by atoms with Crippen molar-refractivity contribution in [1.29, 1.82) is 0 Å². The smallest absolute Gasteiger partial charge is 0.313 e. The normalized spacial score (nSPS) is 15.1. The fourth-order valence-corrected chi connectivity index (χ4v) is 3.95. The number of hydrogen-bond donors (Lipinski definition) is 2. The Morgan fingerprint density at radius 3 is 2.66 bits per heavy atom. The van der Waals surface area contributed by atoms with Gasteiger partial charge < -0.3 is 10.6 Å². The van der Waals surface area contributed by atoms with E-state index >= 15 is 0 Å². The Morgan fingerprint density at radius 2 is 2.00 bits per heavy atom. The van der Waals surface area contributed by atoms with E-state index in [0.717, 1.165) is 50.7 Å². The molecule has 3 rings (SSSR count). The fourth-order valence-electron chi connectivity index (χ4n) is 3.21. The number of anilines is 1. The number of benzene rings is 1. The number of halogens is 1. The van der Waals surface area contributed by atoms with Gasteiger partial charge in [-0.2, -0.15) is 4.39 Å². The van der Waals surface area contributed by atoms with Crippen LogP contribution >= 0.6 is 11.3 Å². The summed E-state index contributed by atoms with van der Waals surface area (Å²) in [5.41, 5.74) is -0.780. The van der Waals surface area contributed by atoms with E-state index in [2.05, 4.69) is 27.0 Å². The average molecular weight is 420 g/mol. The second-order valence-electron chi connectivity index (χ2n) is 6.89. The molecule has 1 aromatic carbocycles. The van der Waals surface area contributed by atoms with Crippen molar-refractivity contribution in [3.8, 4) is 0 Å². The van der Waals surface area contributed by atoms with Crippen molar-refractivity contribution in [3.63, 3.8) is 0 Å². The lowest BCUT2D eigenvalue weighted by atomic mass is 9.97. The maximum atomic E-state index is 13.3. The standard InChI is InChI=1S/C19H21FN4O4S/c20-16-4-3-14(10-17(16)24(27)28)22-19(26)18(25)21-11-13-5-7-23(8-6-13)12-15-2-1-9-29-15/h1-4,9-10,13H,5-8,11-12H2,(H,21,25)(H,22,26). The van der Waals surface area contributed by atoms with Crippen molar-refractivity contribution in [3.05, 3.63) is 56.5 Å². The number of nitro benzene ring substituents is 1. The van der Waals surface area contributed by atoms with Gasteiger partial charge in [0.25, 0.3) is 0 Å². The maximum Gasteiger partial charge on any atom is 0.313 e. The molecular weight excluding hydrogens is 399 g/mol. The molecule has 1 aliphatic heterocycles. The van der Waals surface area contributed by atoms with Gasteiger partial charge in [-0.05, 0) is 55.4 Å². The molecule has 0 unspecified atom stereocenters. The van der Waals surface area contributed by atoms with E-state index in [0.29, 0.717) is 12.5 Å². The zero-order valence-corrected chi connectivity index (χ0v) is 16.4. The first kappa shape index (κ1) is 20.9. The van der Waals surface area contributed by atoms with Crippen LogP contribution in [-0.2, 0) is 16.1 Å². The zero-order chi connectivity index (χ0) is 20.8. The van der Waals surface area contributed by atoms with Crippen LogP contribution in [0.5, 0.6) is 0 Å². The summed E-state index contributed by atoms with van der Waals surface area (Å²) in [6, 6.07) is 7.07. The number of rotatable bonds is 6. The molecule has 154 valence electrons. The lowest BCUT2D eigenvalue weighted by Crippen LogP contribution is -2.41. The third kappa shape index (κ3) is 5.81. The molecule has 1 fully saturated rings. The molecule has 1 saturated heterocycles. The Morgan fingerprint density at radius 1 is 1.24 bits per heavy atom. The monoisotopic (exact) mass is 420 g/mol. The minimum absolute atomic E-state index is 0.0138. The highest BCUT2D eigenvalue weighted by Crippen LogP contribution is 2.22. The van der Waals surface area contributed by atoms with Crippen LogP contribution in [0.15, 0.2) is 35.7 Å². The van der Waals surface area contributed by atoms with Gasteiger partial charge in [0, 0.05) is 29.7 Å². The quantitative estimate of drug-likeness (QED) is 0.425. The van der Waals surface area contributed by atoms with Crippen molar-refractivity contribution in [2.24, 2.45) is 5.92 Å². The first-order valence-corrected chi connectivity index (χ1v) is 10.1. The molecule has 2 N–H and O–H groups in total. The molecule has 0 bridgehead atoms. The number of thiophene rings is 1. The molecule has 0 atom stereocenters. The summed E-state index contributed by atoms with van der Waals surface area (Å²) in [7, 11) is 0. The van der Waals surface area contributed by atoms with Crippen LogP contribution in [0.1, 0.15) is 17.7 Å². The molecular formula is C19H21FN4O4S. The van der Waals surface area contributed by atoms with Gasteiger partial charge in [0.15, 0.2) is 0 Å². The number of carbonyl (C=O) groups is 2. The molecule has 2 heterocycles. The van der Waals surface area contributed by atoms with E-state index < -0.39 is 28.2 Å². The van der Waals surface area contributed by atoms with Crippen molar-refractivity contribution in [1.82, 2.24) is 10.2 Å². The number of carbonyl (C=O) groups excluding carboxylic acids is 2. The Kier molecular flexibility index (Phi) is 6.89. The van der Waals surface area contributed by atoms with Crippen LogP contribution in [0.25, 0.3) is 0 Å². The zero-order valence-electron chi connectivity index (χ0n) is 15.6. The lowest BCUT2D eigenvalue weighted by molar-refractivity contribution is -0.387. The maximum absolute atomic E-state index is 13.3. The Bertz CT molecular complexity index is 882. The van der Waals surface area contributed by atoms with E-state index in [1.54, 1.807) is 11.3 Å². The fraction of sp³-hybridized carbons (Fsp3) is 0.368. The van der Waals surface area contributed by atoms with Crippen LogP contribution in [0.4, 0.5) is 15.8 Å². The van der Waals surface area contributed by atoms with Gasteiger partial charge in [-0.3, -0.25) is 24.6 Å². The van der Waals surface area contributed by atoms with E-state index in [9.17, 15) is 24.1 Å². The molecule has 2 aromatic rings. The van der Waals surface area contributed by atoms with E-state index in [1.807, 2.05) is 6.07 Å². The number of amides is 2. The molecule has 0 aliphatic carbocycles. The van der Waals surface area contributed by atoms with Gasteiger partial charge in [0.2, 0.25) is 5.82 Å². The van der Waals surface area contributed by atoms with Crippen LogP contribution < -0.4 is 10.6 Å². The molecule has 1 aromatic heterocycles. The first-order chi connectivity index (χ1) is 13.9. The Labute approximate surface area is 170 Å². The van der Waals surface area contributed by atoms with Gasteiger partial charge >= 0.3 is 17.5 Å². The van der Waals surface area contributed by atoms with Crippen molar-refractivity contribution >= 4 is 34.5 Å². The topological polar surface area (TPSA) is 105 Å². The number of nitrogens with zero attached hydrogens (tertiary/aromatic N) is 2. The average Bonchev–Trinajstić information content (AvgIpc) is 3.21. The third-order valence-electron chi connectivity index (χ3n) is 4.82. The molecule has 0 radical (unpaired) electrons. The minimum Gasteiger partial charge on any atom is -0.348 e. The Hall–Kier alpha value is -2.85. The Balaban J connectivity index is 1.42. The van der Waals surface area contributed by atoms with Crippen LogP contribution in [0, 0.1) is 21.8 Å². The largest absolute Gasteiger partial charge is 0.348 e. The summed E-state index contributed by atoms with van der Waals surface area (Å²) in [4.78, 5) is 37.6. The van der Waals surface area contributed by atoms with Crippen molar-refractivity contribution in [2.75, 3.05) is 25.0 Å². The van der Waals surface area contributed by atoms with E-state index in [4.69, 9.17) is 0 Å². The minimum atomic E-state index is -1.01. The van der Waals surface area contributed by atoms with Crippen LogP contribution in [0.2, 0.25) is 0 Å². The summed E-state index contributed by atoms with van der Waals surface area (Å²) in [5, 5.41) is 17.7. The first-order valence-electron chi connectivity index (χ1n) is 9.20. The predicted molar refractivity (Wildman–Crippen MR) is 107 cm³/mol. The number of nitrogens with one attached hydrogen (secondary N) is 2. The lowest BCUT2D eigenvalue weighted by Gasteiger charge is -2.31. The molecule has 10 heteroatoms. The summed E-state index contributed by atoms with van der Waals surface area (Å²) >= 11 is 1.74. The van der Waals surface area contributed by atoms with Gasteiger partial charge in [-0.15, -0.1) is 11.3 Å². The number of nitro groups is 1. The SMILES string of the molecule is O=C(NCC1CCN(Cc2cccs2)CC1)C(=O)Nc1ccc(F)c([N+](=O)[O-])c1. The van der Waals surface area contributed by atoms with Gasteiger partial charge in [-0.1, -0.05) is 6.07 Å². The number of likely N-dealkylation sites (tertiary alicyclic amines) is 1. The summed E-state index contributed by atoms with van der Waals surface area (Å²) < 4.78 is 13.3. The molecule has 1 aliphatic rings. The van der Waals surface area contributed by atoms with Gasteiger partial charge in [0.05, 0.1) is 4.92 Å². The molecule has 2 amide bonds. The van der Waals surface area contributed by atoms with E-state index in [-0.39, 0.29) is 5.69 Å². The summed E-state index contributed by atoms with van der Waals surface area (Å²) in [6.07, 6.45) is 1.86. The molecule has 8 nitrogen and oxygen atoms in total. The van der Waals surface area contributed by atoms with Gasteiger partial charge in [0.1, 0.15) is 0 Å². The van der Waals surface area contributed by atoms with Crippen LogP contribution in [0.3, 0.4) is 0 Å². The number of hydrogen-bond acceptors (Lipinski definition) is 6. The molecule has 0 saturated carbocycles. The highest BCUT2D eigenvalue weighted by molar-refractivity contribution is 7.09. The molecule has 29 heavy (non-hydrogen) atoms. The number of piperidine rings is 1. The second-order valence-corrected chi connectivity index (χ2v) is 7.92. The van der Waals surface area contributed by atoms with Crippen molar-refractivity contribution < 1.29 is 18.9 Å². The molecule has 0 spiro atoms. The van der Waals surface area contributed by atoms with E-state index in [1.165, 1.54) is 4.88 Å². The second kappa shape index (κ2) is 9.57. The highest BCUT2D eigenvalue weighted by Gasteiger charge is 2.22. The van der Waals surface area contributed by atoms with Crippen molar-refractivity contribution in [2.45, 2.75) is 19.4 Å². The highest BCUT2D eigenvalue weighted by atomic mass is 32.1. The van der Waals surface area contributed by atoms with Gasteiger partial charge in [-0.25, -0.2) is 0 Å². The summed E-state index contributed by atoms with van der Waals surface area (Å²) in [5.74, 6) is -2.49. The predicted octanol–water partition coefficient (Wildman–Crippen LogP) is 2.76. The summed E-state index contributed by atoms with van der Waals surface area (Å²) in [6.45, 7) is 3.19. The third-order valence-corrected chi connectivity index (χ3v) is 5.69. The van der Waals surface area contributed by atoms with Crippen LogP contribution in [-0.4, -0.2) is 41.3 Å².